The van der Waals surface area contributed by atoms with Crippen LogP contribution in [0.5, 0.6) is 0 Å². The second kappa shape index (κ2) is 6.21. The van der Waals surface area contributed by atoms with E-state index in [0.29, 0.717) is 19.3 Å². The molecule has 2 rings (SSSR count). The third-order valence-corrected chi connectivity index (χ3v) is 7.47. The number of ketones is 2. The van der Waals surface area contributed by atoms with Crippen LogP contribution < -0.4 is 0 Å². The maximum absolute atomic E-state index is 13.1. The van der Waals surface area contributed by atoms with E-state index in [1.165, 1.54) is 0 Å². The SMILES string of the molecule is CC[C@@H](C)C(=O)C(=O)[C@]1(O)[C@@H](C)CC[C@H]2C(C)(C)CC[C@@H](O)[C@@]21C. The Hall–Kier alpha value is -0.740. The van der Waals surface area contributed by atoms with Crippen LogP contribution in [0.25, 0.3) is 0 Å². The van der Waals surface area contributed by atoms with Crippen molar-refractivity contribution in [3.63, 3.8) is 0 Å². The van der Waals surface area contributed by atoms with Gasteiger partial charge in [0.1, 0.15) is 5.60 Å². The summed E-state index contributed by atoms with van der Waals surface area (Å²) in [5, 5.41) is 22.5. The molecule has 2 N–H and O–H groups in total. The monoisotopic (exact) mass is 338 g/mol. The van der Waals surface area contributed by atoms with E-state index in [-0.39, 0.29) is 17.3 Å². The Morgan fingerprint density at radius 2 is 1.75 bits per heavy atom. The van der Waals surface area contributed by atoms with E-state index in [2.05, 4.69) is 13.8 Å². The molecular weight excluding hydrogens is 304 g/mol. The van der Waals surface area contributed by atoms with Crippen LogP contribution in [-0.4, -0.2) is 33.5 Å². The normalized spacial score (nSPS) is 42.9. The average Bonchev–Trinajstić information content (AvgIpc) is 2.53. The van der Waals surface area contributed by atoms with Crippen LogP contribution in [0.4, 0.5) is 0 Å². The molecule has 0 saturated heterocycles. The van der Waals surface area contributed by atoms with E-state index in [9.17, 15) is 19.8 Å². The summed E-state index contributed by atoms with van der Waals surface area (Å²) in [6, 6.07) is 0. The second-order valence-electron chi connectivity index (χ2n) is 9.13. The molecule has 0 bridgehead atoms. The molecule has 4 nitrogen and oxygen atoms in total. The highest BCUT2D eigenvalue weighted by molar-refractivity contribution is 6.41. The summed E-state index contributed by atoms with van der Waals surface area (Å²) in [5.41, 5.74) is -2.83. The van der Waals surface area contributed by atoms with E-state index in [1.807, 2.05) is 20.8 Å². The Balaban J connectivity index is 2.56. The van der Waals surface area contributed by atoms with Gasteiger partial charge in [-0.2, -0.15) is 0 Å². The first-order valence-corrected chi connectivity index (χ1v) is 9.43. The van der Waals surface area contributed by atoms with Crippen LogP contribution in [0.15, 0.2) is 0 Å². The molecule has 2 aliphatic rings. The zero-order chi connectivity index (χ0) is 18.5. The van der Waals surface area contributed by atoms with Crippen LogP contribution in [0, 0.1) is 28.6 Å². The van der Waals surface area contributed by atoms with Gasteiger partial charge in [0.2, 0.25) is 11.6 Å². The van der Waals surface area contributed by atoms with Crippen LogP contribution in [-0.2, 0) is 9.59 Å². The van der Waals surface area contributed by atoms with Crippen LogP contribution in [0.3, 0.4) is 0 Å². The molecule has 0 spiro atoms. The summed E-state index contributed by atoms with van der Waals surface area (Å²) in [5.74, 6) is -1.89. The molecule has 0 aliphatic heterocycles. The molecule has 0 aromatic heterocycles. The molecule has 6 atom stereocenters. The zero-order valence-electron chi connectivity index (χ0n) is 16.1. The average molecular weight is 338 g/mol. The van der Waals surface area contributed by atoms with Crippen LogP contribution >= 0.6 is 0 Å². The Kier molecular flexibility index (Phi) is 5.06. The van der Waals surface area contributed by atoms with E-state index < -0.39 is 34.6 Å². The van der Waals surface area contributed by atoms with Gasteiger partial charge in [-0.3, -0.25) is 9.59 Å². The molecule has 4 heteroatoms. The molecule has 0 aromatic rings. The third kappa shape index (κ3) is 2.48. The number of aliphatic hydroxyl groups is 2. The molecule has 0 radical (unpaired) electrons. The standard InChI is InChI=1S/C20H34O4/c1-7-12(2)16(22)17(23)20(24)13(3)8-9-14-18(4,5)11-10-15(21)19(14,20)6/h12-15,21,24H,7-11H2,1-6H3/t12-,13+,14+,15-,19-,20-/m1/s1. The highest BCUT2D eigenvalue weighted by atomic mass is 16.3. The van der Waals surface area contributed by atoms with Gasteiger partial charge in [-0.1, -0.05) is 41.5 Å². The lowest BCUT2D eigenvalue weighted by molar-refractivity contribution is -0.241. The molecule has 2 fully saturated rings. The lowest BCUT2D eigenvalue weighted by atomic mass is 9.43. The molecular formula is C20H34O4. The number of aliphatic hydroxyl groups excluding tert-OH is 1. The predicted octanol–water partition coefficient (Wildman–Crippen LogP) is 3.14. The number of hydrogen-bond acceptors (Lipinski definition) is 4. The highest BCUT2D eigenvalue weighted by Gasteiger charge is 2.68. The molecule has 0 heterocycles. The summed E-state index contributed by atoms with van der Waals surface area (Å²) in [6.45, 7) is 11.6. The van der Waals surface area contributed by atoms with Gasteiger partial charge in [-0.05, 0) is 49.4 Å². The Bertz CT molecular complexity index is 526. The maximum Gasteiger partial charge on any atom is 0.231 e. The van der Waals surface area contributed by atoms with Crippen molar-refractivity contribution >= 4 is 11.6 Å². The van der Waals surface area contributed by atoms with Crippen molar-refractivity contribution in [3.05, 3.63) is 0 Å². The van der Waals surface area contributed by atoms with E-state index in [4.69, 9.17) is 0 Å². The lowest BCUT2D eigenvalue weighted by Gasteiger charge is -2.63. The molecule has 138 valence electrons. The maximum atomic E-state index is 13.1. The Labute approximate surface area is 146 Å². The summed E-state index contributed by atoms with van der Waals surface area (Å²) in [6.07, 6.45) is 2.80. The van der Waals surface area contributed by atoms with Crippen molar-refractivity contribution in [1.82, 2.24) is 0 Å². The quantitative estimate of drug-likeness (QED) is 0.772. The molecule has 2 aliphatic carbocycles. The summed E-state index contributed by atoms with van der Waals surface area (Å²) in [7, 11) is 0. The number of fused-ring (bicyclic) bond motifs is 1. The van der Waals surface area contributed by atoms with Gasteiger partial charge >= 0.3 is 0 Å². The minimum Gasteiger partial charge on any atom is -0.392 e. The van der Waals surface area contributed by atoms with Gasteiger partial charge in [-0.15, -0.1) is 0 Å². The minimum absolute atomic E-state index is 0.0173. The third-order valence-electron chi connectivity index (χ3n) is 7.47. The number of carbonyl (C=O) groups excluding carboxylic acids is 2. The lowest BCUT2D eigenvalue weighted by Crippen LogP contribution is -2.71. The molecule has 2 saturated carbocycles. The number of hydrogen-bond donors (Lipinski definition) is 2. The van der Waals surface area contributed by atoms with Gasteiger partial charge in [0.05, 0.1) is 6.10 Å². The fourth-order valence-corrected chi connectivity index (χ4v) is 5.46. The molecule has 0 aromatic carbocycles. The van der Waals surface area contributed by atoms with Crippen molar-refractivity contribution in [2.24, 2.45) is 28.6 Å². The molecule has 0 unspecified atom stereocenters. The second-order valence-corrected chi connectivity index (χ2v) is 9.13. The van der Waals surface area contributed by atoms with Crippen molar-refractivity contribution in [2.75, 3.05) is 0 Å². The van der Waals surface area contributed by atoms with Crippen molar-refractivity contribution in [1.29, 1.82) is 0 Å². The Morgan fingerprint density at radius 1 is 1.17 bits per heavy atom. The van der Waals surface area contributed by atoms with Crippen LogP contribution in [0.1, 0.15) is 73.6 Å². The number of Topliss-reactive ketones (excluding diaryl/α,β-unsaturated/α-hetero) is 2. The molecule has 24 heavy (non-hydrogen) atoms. The van der Waals surface area contributed by atoms with Crippen molar-refractivity contribution < 1.29 is 19.8 Å². The number of carbonyl (C=O) groups is 2. The summed E-state index contributed by atoms with van der Waals surface area (Å²) >= 11 is 0. The van der Waals surface area contributed by atoms with E-state index in [1.54, 1.807) is 6.92 Å². The topological polar surface area (TPSA) is 74.6 Å². The molecule has 0 amide bonds. The van der Waals surface area contributed by atoms with Gasteiger partial charge in [0.25, 0.3) is 0 Å². The predicted molar refractivity (Wildman–Crippen MR) is 93.4 cm³/mol. The van der Waals surface area contributed by atoms with Crippen LogP contribution in [0.2, 0.25) is 0 Å². The van der Waals surface area contributed by atoms with Crippen molar-refractivity contribution in [2.45, 2.75) is 85.4 Å². The first-order valence-electron chi connectivity index (χ1n) is 9.43. The van der Waals surface area contributed by atoms with E-state index in [0.717, 1.165) is 12.8 Å². The first kappa shape index (κ1) is 19.6. The van der Waals surface area contributed by atoms with Gasteiger partial charge in [-0.25, -0.2) is 0 Å². The fourth-order valence-electron chi connectivity index (χ4n) is 5.46. The summed E-state index contributed by atoms with van der Waals surface area (Å²) < 4.78 is 0. The minimum atomic E-state index is -1.78. The van der Waals surface area contributed by atoms with Gasteiger partial charge in [0.15, 0.2) is 0 Å². The first-order chi connectivity index (χ1) is 10.9. The number of rotatable bonds is 4. The highest BCUT2D eigenvalue weighted by Crippen LogP contribution is 2.62. The van der Waals surface area contributed by atoms with Crippen molar-refractivity contribution in [3.8, 4) is 0 Å². The smallest absolute Gasteiger partial charge is 0.231 e. The zero-order valence-corrected chi connectivity index (χ0v) is 16.1. The van der Waals surface area contributed by atoms with E-state index >= 15 is 0 Å². The Morgan fingerprint density at radius 3 is 2.29 bits per heavy atom. The summed E-state index contributed by atoms with van der Waals surface area (Å²) in [4.78, 5) is 25.8. The fraction of sp³-hybridized carbons (Fsp3) is 0.900. The van der Waals surface area contributed by atoms with Gasteiger partial charge in [0, 0.05) is 11.3 Å². The largest absolute Gasteiger partial charge is 0.392 e. The van der Waals surface area contributed by atoms with Gasteiger partial charge < -0.3 is 10.2 Å².